The molecule has 0 saturated heterocycles. The van der Waals surface area contributed by atoms with Gasteiger partial charge in [0.15, 0.2) is 0 Å². The molecule has 11 heavy (non-hydrogen) atoms. The van der Waals surface area contributed by atoms with Gasteiger partial charge in [-0.25, -0.2) is 4.39 Å². The third kappa shape index (κ3) is 1.47. The molecule has 1 rings (SSSR count). The van der Waals surface area contributed by atoms with Crippen molar-refractivity contribution in [1.82, 2.24) is 0 Å². The number of nitrogens with zero attached hydrogens (tertiary/aromatic N) is 1. The van der Waals surface area contributed by atoms with Crippen LogP contribution in [-0.2, 0) is 6.67 Å². The van der Waals surface area contributed by atoms with Crippen molar-refractivity contribution in [2.24, 2.45) is 0 Å². The van der Waals surface area contributed by atoms with Crippen LogP contribution in [0.1, 0.15) is 11.1 Å². The van der Waals surface area contributed by atoms with Gasteiger partial charge in [-0.15, -0.1) is 0 Å². The quantitative estimate of drug-likeness (QED) is 0.618. The molecule has 0 spiro atoms. The lowest BCUT2D eigenvalue weighted by Crippen LogP contribution is -1.90. The molecule has 2 nitrogen and oxygen atoms in total. The monoisotopic (exact) mass is 150 g/mol. The van der Waals surface area contributed by atoms with Crippen LogP contribution in [0.4, 0.5) is 10.1 Å². The normalized spacial score (nSPS) is 9.09. The molecule has 56 valence electrons. The van der Waals surface area contributed by atoms with Crippen molar-refractivity contribution in [1.29, 1.82) is 5.26 Å². The average molecular weight is 150 g/mol. The highest BCUT2D eigenvalue weighted by Gasteiger charge is 2.00. The van der Waals surface area contributed by atoms with Gasteiger partial charge in [-0.05, 0) is 12.1 Å². The summed E-state index contributed by atoms with van der Waals surface area (Å²) in [6.07, 6.45) is 0. The Morgan fingerprint density at radius 1 is 1.55 bits per heavy atom. The molecule has 0 radical (unpaired) electrons. The second-order valence-corrected chi connectivity index (χ2v) is 2.16. The highest BCUT2D eigenvalue weighted by molar-refractivity contribution is 5.49. The number of halogens is 1. The van der Waals surface area contributed by atoms with E-state index < -0.39 is 6.67 Å². The van der Waals surface area contributed by atoms with Crippen molar-refractivity contribution in [3.8, 4) is 6.07 Å². The van der Waals surface area contributed by atoms with E-state index in [1.807, 2.05) is 6.07 Å². The average Bonchev–Trinajstić information content (AvgIpc) is 2.04. The Hall–Kier alpha value is -1.56. The Kier molecular flexibility index (Phi) is 2.07. The summed E-state index contributed by atoms with van der Waals surface area (Å²) in [6.45, 7) is -0.622. The van der Waals surface area contributed by atoms with Crippen molar-refractivity contribution in [3.05, 3.63) is 29.3 Å². The minimum absolute atomic E-state index is 0.313. The van der Waals surface area contributed by atoms with Crippen LogP contribution in [0.2, 0.25) is 0 Å². The predicted octanol–water partition coefficient (Wildman–Crippen LogP) is 1.61. The minimum atomic E-state index is -0.622. The largest absolute Gasteiger partial charge is 0.399 e. The topological polar surface area (TPSA) is 49.8 Å². The lowest BCUT2D eigenvalue weighted by atomic mass is 10.1. The fourth-order valence-electron chi connectivity index (χ4n) is 0.815. The number of benzene rings is 1. The summed E-state index contributed by atoms with van der Waals surface area (Å²) in [5, 5.41) is 8.50. The Bertz CT molecular complexity index is 301. The highest BCUT2D eigenvalue weighted by Crippen LogP contribution is 2.13. The molecule has 0 amide bonds. The van der Waals surface area contributed by atoms with Crippen molar-refractivity contribution >= 4 is 5.69 Å². The van der Waals surface area contributed by atoms with Crippen LogP contribution in [-0.4, -0.2) is 0 Å². The van der Waals surface area contributed by atoms with Crippen molar-refractivity contribution in [2.75, 3.05) is 5.73 Å². The van der Waals surface area contributed by atoms with Gasteiger partial charge < -0.3 is 5.73 Å². The van der Waals surface area contributed by atoms with Gasteiger partial charge in [-0.1, -0.05) is 6.07 Å². The van der Waals surface area contributed by atoms with Gasteiger partial charge in [0.2, 0.25) is 0 Å². The van der Waals surface area contributed by atoms with Gasteiger partial charge in [-0.2, -0.15) is 5.26 Å². The third-order valence-electron chi connectivity index (χ3n) is 1.40. The van der Waals surface area contributed by atoms with Crippen LogP contribution in [0.25, 0.3) is 0 Å². The number of anilines is 1. The van der Waals surface area contributed by atoms with E-state index in [-0.39, 0.29) is 0 Å². The number of nitrogen functional groups attached to an aromatic ring is 1. The van der Waals surface area contributed by atoms with Crippen LogP contribution >= 0.6 is 0 Å². The summed E-state index contributed by atoms with van der Waals surface area (Å²) < 4.78 is 12.1. The van der Waals surface area contributed by atoms with Crippen LogP contribution < -0.4 is 5.73 Å². The van der Waals surface area contributed by atoms with E-state index in [4.69, 9.17) is 11.0 Å². The maximum atomic E-state index is 12.1. The van der Waals surface area contributed by atoms with Crippen LogP contribution in [0.5, 0.6) is 0 Å². The van der Waals surface area contributed by atoms with Crippen LogP contribution in [0, 0.1) is 11.3 Å². The second-order valence-electron chi connectivity index (χ2n) is 2.16. The molecule has 0 aliphatic carbocycles. The summed E-state index contributed by atoms with van der Waals surface area (Å²) >= 11 is 0. The molecule has 0 aliphatic rings. The lowest BCUT2D eigenvalue weighted by Gasteiger charge is -1.98. The molecule has 0 heterocycles. The number of nitriles is 1. The Morgan fingerprint density at radius 2 is 2.27 bits per heavy atom. The summed E-state index contributed by atoms with van der Waals surface area (Å²) in [5.41, 5.74) is 6.57. The lowest BCUT2D eigenvalue weighted by molar-refractivity contribution is 0.484. The first-order valence-electron chi connectivity index (χ1n) is 3.12. The van der Waals surface area contributed by atoms with Crippen molar-refractivity contribution < 1.29 is 4.39 Å². The summed E-state index contributed by atoms with van der Waals surface area (Å²) in [4.78, 5) is 0. The van der Waals surface area contributed by atoms with Crippen LogP contribution in [0.15, 0.2) is 18.2 Å². The smallest absolute Gasteiger partial charge is 0.116 e. The molecule has 0 atom stereocenters. The number of hydrogen-bond donors (Lipinski definition) is 1. The Morgan fingerprint density at radius 3 is 2.82 bits per heavy atom. The zero-order chi connectivity index (χ0) is 8.27. The van der Waals surface area contributed by atoms with Crippen LogP contribution in [0.3, 0.4) is 0 Å². The minimum Gasteiger partial charge on any atom is -0.399 e. The van der Waals surface area contributed by atoms with Gasteiger partial charge in [-0.3, -0.25) is 0 Å². The van der Waals surface area contributed by atoms with Crippen molar-refractivity contribution in [3.63, 3.8) is 0 Å². The zero-order valence-corrected chi connectivity index (χ0v) is 5.84. The molecule has 2 N–H and O–H groups in total. The predicted molar refractivity (Wildman–Crippen MR) is 40.4 cm³/mol. The first-order chi connectivity index (χ1) is 5.27. The van der Waals surface area contributed by atoms with Gasteiger partial charge in [0.05, 0.1) is 11.6 Å². The Labute approximate surface area is 64.1 Å². The molecule has 0 unspecified atom stereocenters. The maximum absolute atomic E-state index is 12.1. The Balaban J connectivity index is 3.19. The van der Waals surface area contributed by atoms with E-state index >= 15 is 0 Å². The number of alkyl halides is 1. The standard InChI is InChI=1S/C8H7FN2/c9-4-6-1-2-8(11)3-7(6)5-10/h1-3H,4,11H2. The van der Waals surface area contributed by atoms with E-state index in [9.17, 15) is 4.39 Å². The SMILES string of the molecule is N#Cc1cc(N)ccc1CF. The molecule has 0 saturated carbocycles. The van der Waals surface area contributed by atoms with Gasteiger partial charge in [0, 0.05) is 11.3 Å². The van der Waals surface area contributed by atoms with Gasteiger partial charge in [0.25, 0.3) is 0 Å². The first-order valence-corrected chi connectivity index (χ1v) is 3.12. The zero-order valence-electron chi connectivity index (χ0n) is 5.84. The number of rotatable bonds is 1. The van der Waals surface area contributed by atoms with E-state index in [2.05, 4.69) is 0 Å². The summed E-state index contributed by atoms with van der Waals surface area (Å²) in [6, 6.07) is 6.44. The second kappa shape index (κ2) is 3.02. The molecular weight excluding hydrogens is 143 g/mol. The van der Waals surface area contributed by atoms with E-state index in [0.717, 1.165) is 0 Å². The first kappa shape index (κ1) is 7.55. The third-order valence-corrected chi connectivity index (χ3v) is 1.40. The van der Waals surface area contributed by atoms with Gasteiger partial charge >= 0.3 is 0 Å². The maximum Gasteiger partial charge on any atom is 0.116 e. The van der Waals surface area contributed by atoms with E-state index in [1.54, 1.807) is 6.07 Å². The highest BCUT2D eigenvalue weighted by atomic mass is 19.1. The molecule has 1 aromatic carbocycles. The fourth-order valence-corrected chi connectivity index (χ4v) is 0.815. The summed E-state index contributed by atoms with van der Waals surface area (Å²) in [7, 11) is 0. The van der Waals surface area contributed by atoms with E-state index in [0.29, 0.717) is 16.8 Å². The molecule has 0 aliphatic heterocycles. The molecule has 0 aromatic heterocycles. The summed E-state index contributed by atoms with van der Waals surface area (Å²) in [5.74, 6) is 0. The number of hydrogen-bond acceptors (Lipinski definition) is 2. The number of nitrogens with two attached hydrogens (primary N) is 1. The van der Waals surface area contributed by atoms with Gasteiger partial charge in [0.1, 0.15) is 6.67 Å². The molecule has 1 aromatic rings. The molecule has 3 heteroatoms. The van der Waals surface area contributed by atoms with Crippen molar-refractivity contribution in [2.45, 2.75) is 6.67 Å². The van der Waals surface area contributed by atoms with E-state index in [1.165, 1.54) is 12.1 Å². The molecule has 0 bridgehead atoms. The molecule has 0 fully saturated rings. The molecular formula is C8H7FN2. The fraction of sp³-hybridized carbons (Fsp3) is 0.125.